The Morgan fingerprint density at radius 1 is 0.760 bits per heavy atom. The van der Waals surface area contributed by atoms with E-state index in [1.165, 1.54) is 17.2 Å². The van der Waals surface area contributed by atoms with Crippen LogP contribution in [0.1, 0.15) is 75.7 Å². The number of ketones is 1. The Morgan fingerprint density at radius 3 is 1.08 bits per heavy atom. The van der Waals surface area contributed by atoms with Gasteiger partial charge in [0.15, 0.2) is 0 Å². The molecule has 2 aromatic rings. The minimum Gasteiger partial charge on any atom is -0.299 e. The van der Waals surface area contributed by atoms with E-state index in [4.69, 9.17) is 0 Å². The second-order valence-electron chi connectivity index (χ2n) is 8.07. The molecule has 0 unspecified atom stereocenters. The normalized spacial score (nSPS) is 10.3. The molecule has 0 aliphatic heterocycles. The molecule has 1 nitrogen and oxygen atoms in total. The third-order valence-electron chi connectivity index (χ3n) is 3.78. The van der Waals surface area contributed by atoms with Crippen molar-refractivity contribution in [2.45, 2.75) is 75.7 Å². The lowest BCUT2D eigenvalue weighted by atomic mass is 9.92. The van der Waals surface area contributed by atoms with Gasteiger partial charge in [0, 0.05) is 5.41 Å². The van der Waals surface area contributed by atoms with Gasteiger partial charge in [0.1, 0.15) is 5.78 Å². The first kappa shape index (κ1) is 25.6. The van der Waals surface area contributed by atoms with Crippen LogP contribution in [0, 0.1) is 10.8 Å². The highest BCUT2D eigenvalue weighted by atomic mass is 16.1. The van der Waals surface area contributed by atoms with Crippen molar-refractivity contribution in [1.29, 1.82) is 0 Å². The van der Waals surface area contributed by atoms with E-state index in [9.17, 15) is 4.79 Å². The highest BCUT2D eigenvalue weighted by Crippen LogP contribution is 2.16. The van der Waals surface area contributed by atoms with Crippen LogP contribution in [0.3, 0.4) is 0 Å². The number of fused-ring (bicyclic) bond motifs is 1. The largest absolute Gasteiger partial charge is 0.299 e. The third kappa shape index (κ3) is 14.4. The number of benzene rings is 2. The van der Waals surface area contributed by atoms with Crippen molar-refractivity contribution in [3.63, 3.8) is 0 Å². The van der Waals surface area contributed by atoms with E-state index in [0.29, 0.717) is 5.41 Å². The fourth-order valence-electron chi connectivity index (χ4n) is 1.13. The second-order valence-corrected chi connectivity index (χ2v) is 8.07. The quantitative estimate of drug-likeness (QED) is 0.474. The van der Waals surface area contributed by atoms with Crippen LogP contribution in [0.2, 0.25) is 0 Å². The predicted octanol–water partition coefficient (Wildman–Crippen LogP) is 7.93. The molecule has 0 aromatic heterocycles. The Labute approximate surface area is 156 Å². The lowest BCUT2D eigenvalue weighted by molar-refractivity contribution is -0.124. The van der Waals surface area contributed by atoms with Crippen LogP contribution < -0.4 is 0 Å². The molecule has 142 valence electrons. The summed E-state index contributed by atoms with van der Waals surface area (Å²) in [5, 5.41) is 2.62. The van der Waals surface area contributed by atoms with E-state index >= 15 is 0 Å². The molecule has 25 heavy (non-hydrogen) atoms. The van der Waals surface area contributed by atoms with Gasteiger partial charge in [-0.3, -0.25) is 4.79 Å². The van der Waals surface area contributed by atoms with E-state index in [0.717, 1.165) is 0 Å². The van der Waals surface area contributed by atoms with Gasteiger partial charge >= 0.3 is 0 Å². The van der Waals surface area contributed by atoms with Gasteiger partial charge in [0.05, 0.1) is 0 Å². The standard InChI is InChI=1S/C10H8.C6H12O.C6H14.C2H6/c1-2-6-10-8-4-3-7-9(10)5-1;1-5(7)6(2,3)4;1-5-6(2,3)4;1-2/h1-8H;1-4H3;5H2,1-4H3;1-2H3. The molecule has 0 bridgehead atoms. The summed E-state index contributed by atoms with van der Waals surface area (Å²) in [5.41, 5.74) is 0.403. The zero-order valence-corrected chi connectivity index (χ0v) is 18.2. The molecule has 0 radical (unpaired) electrons. The van der Waals surface area contributed by atoms with Crippen LogP contribution in [-0.2, 0) is 4.79 Å². The number of hydrogen-bond donors (Lipinski definition) is 0. The van der Waals surface area contributed by atoms with E-state index in [-0.39, 0.29) is 11.2 Å². The highest BCUT2D eigenvalue weighted by molar-refractivity contribution is 5.82. The first-order valence-corrected chi connectivity index (χ1v) is 9.42. The molecule has 0 amide bonds. The molecule has 0 saturated heterocycles. The number of carbonyl (C=O) groups is 1. The van der Waals surface area contributed by atoms with Gasteiger partial charge in [0.2, 0.25) is 0 Å². The summed E-state index contributed by atoms with van der Waals surface area (Å²) < 4.78 is 0. The number of Topliss-reactive ketones (excluding diaryl/α,β-unsaturated/α-hetero) is 1. The van der Waals surface area contributed by atoms with Gasteiger partial charge in [-0.1, -0.05) is 117 Å². The number of carbonyl (C=O) groups excluding carboxylic acids is 1. The smallest absolute Gasteiger partial charge is 0.135 e. The molecular weight excluding hydrogens is 304 g/mol. The molecule has 0 aliphatic carbocycles. The van der Waals surface area contributed by atoms with Gasteiger partial charge < -0.3 is 0 Å². The molecule has 0 heterocycles. The first-order chi connectivity index (χ1) is 11.5. The zero-order chi connectivity index (χ0) is 20.1. The van der Waals surface area contributed by atoms with Crippen molar-refractivity contribution >= 4 is 16.6 Å². The summed E-state index contributed by atoms with van der Waals surface area (Å²) >= 11 is 0. The minimum atomic E-state index is -0.139. The second kappa shape index (κ2) is 12.7. The molecule has 1 heteroatoms. The van der Waals surface area contributed by atoms with E-state index in [1.54, 1.807) is 6.92 Å². The molecule has 0 spiro atoms. The van der Waals surface area contributed by atoms with Gasteiger partial charge in [-0.2, -0.15) is 0 Å². The molecule has 0 N–H and O–H groups in total. The Kier molecular flexibility index (Phi) is 13.0. The zero-order valence-electron chi connectivity index (χ0n) is 18.2. The van der Waals surface area contributed by atoms with E-state index in [2.05, 4.69) is 76.2 Å². The van der Waals surface area contributed by atoms with Crippen molar-refractivity contribution < 1.29 is 4.79 Å². The Bertz CT molecular complexity index is 517. The summed E-state index contributed by atoms with van der Waals surface area (Å²) in [6.07, 6.45) is 1.27. The SMILES string of the molecule is CC.CC(=O)C(C)(C)C.CCC(C)(C)C.c1ccc2ccccc2c1. The van der Waals surface area contributed by atoms with Crippen LogP contribution in [0.25, 0.3) is 10.8 Å². The first-order valence-electron chi connectivity index (χ1n) is 9.42. The summed E-state index contributed by atoms with van der Waals surface area (Å²) in [5.74, 6) is 0.243. The van der Waals surface area contributed by atoms with Crippen LogP contribution in [0.4, 0.5) is 0 Å². The fourth-order valence-corrected chi connectivity index (χ4v) is 1.13. The van der Waals surface area contributed by atoms with E-state index < -0.39 is 0 Å². The minimum absolute atomic E-state index is 0.139. The molecular formula is C24H40O. The monoisotopic (exact) mass is 344 g/mol. The van der Waals surface area contributed by atoms with Crippen molar-refractivity contribution in [1.82, 2.24) is 0 Å². The molecule has 0 saturated carbocycles. The Balaban J connectivity index is 0. The summed E-state index contributed by atoms with van der Waals surface area (Å²) in [6, 6.07) is 16.7. The highest BCUT2D eigenvalue weighted by Gasteiger charge is 2.14. The fraction of sp³-hybridized carbons (Fsp3) is 0.542. The van der Waals surface area contributed by atoms with Crippen LogP contribution in [0.5, 0.6) is 0 Å². The van der Waals surface area contributed by atoms with Crippen molar-refractivity contribution in [2.75, 3.05) is 0 Å². The van der Waals surface area contributed by atoms with Gasteiger partial charge in [-0.05, 0) is 23.1 Å². The Hall–Kier alpha value is -1.63. The van der Waals surface area contributed by atoms with Gasteiger partial charge in [0.25, 0.3) is 0 Å². The maximum atomic E-state index is 10.5. The average molecular weight is 345 g/mol. The van der Waals surface area contributed by atoms with Crippen LogP contribution in [0.15, 0.2) is 48.5 Å². The van der Waals surface area contributed by atoms with Crippen molar-refractivity contribution in [3.05, 3.63) is 48.5 Å². The topological polar surface area (TPSA) is 17.1 Å². The maximum absolute atomic E-state index is 10.5. The Morgan fingerprint density at radius 2 is 0.960 bits per heavy atom. The summed E-state index contributed by atoms with van der Waals surface area (Å²) in [7, 11) is 0. The van der Waals surface area contributed by atoms with Crippen LogP contribution in [-0.4, -0.2) is 5.78 Å². The van der Waals surface area contributed by atoms with Crippen molar-refractivity contribution in [2.24, 2.45) is 10.8 Å². The lowest BCUT2D eigenvalue weighted by Crippen LogP contribution is -2.15. The summed E-state index contributed by atoms with van der Waals surface area (Å²) in [6.45, 7) is 20.3. The maximum Gasteiger partial charge on any atom is 0.135 e. The predicted molar refractivity (Wildman–Crippen MR) is 115 cm³/mol. The van der Waals surface area contributed by atoms with E-state index in [1.807, 2.05) is 34.6 Å². The third-order valence-corrected chi connectivity index (χ3v) is 3.78. The molecule has 0 atom stereocenters. The number of hydrogen-bond acceptors (Lipinski definition) is 1. The molecule has 2 aromatic carbocycles. The summed E-state index contributed by atoms with van der Waals surface area (Å²) in [4.78, 5) is 10.5. The van der Waals surface area contributed by atoms with Gasteiger partial charge in [-0.25, -0.2) is 0 Å². The average Bonchev–Trinajstić information content (AvgIpc) is 2.56. The van der Waals surface area contributed by atoms with Crippen LogP contribution >= 0.6 is 0 Å². The lowest BCUT2D eigenvalue weighted by Gasteiger charge is -2.12. The molecule has 0 aliphatic rings. The molecule has 2 rings (SSSR count). The van der Waals surface area contributed by atoms with Gasteiger partial charge in [-0.15, -0.1) is 0 Å². The molecule has 0 fully saturated rings. The number of rotatable bonds is 0. The van der Waals surface area contributed by atoms with Crippen molar-refractivity contribution in [3.8, 4) is 0 Å².